The second-order valence-corrected chi connectivity index (χ2v) is 10.2. The smallest absolute Gasteiger partial charge is 0.287 e. The van der Waals surface area contributed by atoms with Crippen LogP contribution in [0, 0.1) is 0 Å². The van der Waals surface area contributed by atoms with Crippen LogP contribution in [0.4, 0.5) is 33.8 Å². The number of anilines is 2. The second-order valence-electron chi connectivity index (χ2n) is 9.34. The molecule has 0 aliphatic heterocycles. The number of rotatable bonds is 6. The zero-order chi connectivity index (χ0) is 23.9. The number of hydrogen-bond donors (Lipinski definition) is 2. The monoisotopic (exact) mass is 490 g/mol. The molecule has 0 aromatic carbocycles. The van der Waals surface area contributed by atoms with E-state index < -0.39 is 17.5 Å². The third-order valence-corrected chi connectivity index (χ3v) is 7.03. The first-order valence-electron chi connectivity index (χ1n) is 11.1. The van der Waals surface area contributed by atoms with Crippen molar-refractivity contribution in [3.63, 3.8) is 0 Å². The summed E-state index contributed by atoms with van der Waals surface area (Å²) in [6, 6.07) is -0.279. The Balaban J connectivity index is 1.57. The minimum atomic E-state index is -3.10. The number of thiazole rings is 1. The Morgan fingerprint density at radius 3 is 1.88 bits per heavy atom. The number of nitrogens with one attached hydrogen (secondary N) is 2. The van der Waals surface area contributed by atoms with Gasteiger partial charge in [0.1, 0.15) is 11.4 Å². The molecule has 2 N–H and O–H groups in total. The highest BCUT2D eigenvalue weighted by molar-refractivity contribution is 7.13. The van der Waals surface area contributed by atoms with Crippen molar-refractivity contribution >= 4 is 23.2 Å². The summed E-state index contributed by atoms with van der Waals surface area (Å²) >= 11 is 0.990. The summed E-state index contributed by atoms with van der Waals surface area (Å²) in [5.41, 5.74) is -1.57. The Morgan fingerprint density at radius 2 is 1.39 bits per heavy atom. The van der Waals surface area contributed by atoms with Gasteiger partial charge in [0.05, 0.1) is 0 Å². The zero-order valence-corrected chi connectivity index (χ0v) is 19.3. The fourth-order valence-electron chi connectivity index (χ4n) is 4.09. The van der Waals surface area contributed by atoms with Crippen LogP contribution in [0.5, 0.6) is 0 Å². The van der Waals surface area contributed by atoms with Gasteiger partial charge in [-0.1, -0.05) is 0 Å². The molecule has 2 aliphatic rings. The highest BCUT2D eigenvalue weighted by Crippen LogP contribution is 2.36. The summed E-state index contributed by atoms with van der Waals surface area (Å²) in [6.07, 6.45) is 2.08. The molecule has 182 valence electrons. The molecule has 0 amide bonds. The molecule has 0 spiro atoms. The molecule has 2 aromatic heterocycles. The maximum absolute atomic E-state index is 14.1. The minimum absolute atomic E-state index is 0.0443. The van der Waals surface area contributed by atoms with Crippen LogP contribution in [0.3, 0.4) is 0 Å². The Bertz CT molecular complexity index is 908. The zero-order valence-electron chi connectivity index (χ0n) is 18.5. The molecule has 0 radical (unpaired) electrons. The second kappa shape index (κ2) is 8.92. The van der Waals surface area contributed by atoms with Gasteiger partial charge >= 0.3 is 0 Å². The van der Waals surface area contributed by atoms with E-state index in [9.17, 15) is 22.0 Å². The van der Waals surface area contributed by atoms with Crippen molar-refractivity contribution in [1.29, 1.82) is 0 Å². The number of nitrogens with zero attached hydrogens (tertiary/aromatic N) is 4. The molecule has 4 rings (SSSR count). The number of aromatic nitrogens is 4. The lowest BCUT2D eigenvalue weighted by atomic mass is 9.85. The van der Waals surface area contributed by atoms with E-state index in [2.05, 4.69) is 30.6 Å². The van der Waals surface area contributed by atoms with E-state index in [0.29, 0.717) is 25.7 Å². The number of halogens is 5. The van der Waals surface area contributed by atoms with Crippen LogP contribution < -0.4 is 10.6 Å². The van der Waals surface area contributed by atoms with Gasteiger partial charge in [0.15, 0.2) is 10.8 Å². The number of alkyl halides is 5. The minimum Gasteiger partial charge on any atom is -0.351 e. The van der Waals surface area contributed by atoms with Crippen LogP contribution in [0.15, 0.2) is 5.38 Å². The lowest BCUT2D eigenvalue weighted by Gasteiger charge is -2.31. The van der Waals surface area contributed by atoms with Gasteiger partial charge in [-0.2, -0.15) is 23.7 Å². The molecular weight excluding hydrogens is 463 g/mol. The molecule has 2 heterocycles. The van der Waals surface area contributed by atoms with Crippen molar-refractivity contribution in [3.8, 4) is 10.8 Å². The third-order valence-electron chi connectivity index (χ3n) is 6.19. The molecule has 33 heavy (non-hydrogen) atoms. The molecule has 2 fully saturated rings. The molecule has 12 heteroatoms. The first kappa shape index (κ1) is 24.0. The molecule has 2 saturated carbocycles. The molecule has 0 atom stereocenters. The van der Waals surface area contributed by atoms with Crippen LogP contribution >= 0.6 is 11.3 Å². The standard InChI is InChI=1S/C21H27F5N6S/c1-19(22)7-3-12(4-8-19)27-17-30-15(16-29-14(11-33-16)20(2,23)24)31-18(32-17)28-13-5-9-21(25,26)10-6-13/h11-13H,3-10H2,1-2H3,(H2,27,28,30,31,32). The van der Waals surface area contributed by atoms with Crippen molar-refractivity contribution in [1.82, 2.24) is 19.9 Å². The predicted molar refractivity (Wildman–Crippen MR) is 117 cm³/mol. The Labute approximate surface area is 192 Å². The van der Waals surface area contributed by atoms with Crippen LogP contribution in [0.2, 0.25) is 0 Å². The van der Waals surface area contributed by atoms with Crippen molar-refractivity contribution in [2.75, 3.05) is 10.6 Å². The molecule has 6 nitrogen and oxygen atoms in total. The highest BCUT2D eigenvalue weighted by atomic mass is 32.1. The van der Waals surface area contributed by atoms with Gasteiger partial charge in [0, 0.05) is 37.2 Å². The van der Waals surface area contributed by atoms with Crippen molar-refractivity contribution in [3.05, 3.63) is 11.1 Å². The summed E-state index contributed by atoms with van der Waals surface area (Å²) in [4.78, 5) is 17.0. The third kappa shape index (κ3) is 6.27. The molecular formula is C21H27F5N6S. The SMILES string of the molecule is CC1(F)CCC(Nc2nc(NC3CCC(F)(F)CC3)nc(-c3nc(C(C)(F)F)cs3)n2)CC1. The van der Waals surface area contributed by atoms with E-state index in [1.54, 1.807) is 6.92 Å². The van der Waals surface area contributed by atoms with E-state index in [1.165, 1.54) is 5.38 Å². The lowest BCUT2D eigenvalue weighted by molar-refractivity contribution is -0.0361. The van der Waals surface area contributed by atoms with Crippen LogP contribution in [-0.4, -0.2) is 43.6 Å². The number of hydrogen-bond acceptors (Lipinski definition) is 7. The summed E-state index contributed by atoms with van der Waals surface area (Å²) in [5, 5.41) is 7.75. The molecule has 2 aromatic rings. The average molecular weight is 491 g/mol. The molecule has 0 unspecified atom stereocenters. The van der Waals surface area contributed by atoms with Crippen molar-refractivity contribution < 1.29 is 22.0 Å². The van der Waals surface area contributed by atoms with Gasteiger partial charge in [0.2, 0.25) is 17.8 Å². The Kier molecular flexibility index (Phi) is 6.49. The predicted octanol–water partition coefficient (Wildman–Crippen LogP) is 6.18. The van der Waals surface area contributed by atoms with E-state index in [4.69, 9.17) is 0 Å². The normalized spacial score (nSPS) is 26.2. The summed E-state index contributed by atoms with van der Waals surface area (Å²) in [7, 11) is 0. The largest absolute Gasteiger partial charge is 0.351 e. The maximum Gasteiger partial charge on any atom is 0.287 e. The van der Waals surface area contributed by atoms with E-state index in [1.807, 2.05) is 0 Å². The van der Waals surface area contributed by atoms with Crippen LogP contribution in [0.1, 0.15) is 70.9 Å². The summed E-state index contributed by atoms with van der Waals surface area (Å²) in [6.45, 7) is 2.35. The quantitative estimate of drug-likeness (QED) is 0.471. The van der Waals surface area contributed by atoms with Crippen LogP contribution in [-0.2, 0) is 5.92 Å². The van der Waals surface area contributed by atoms with E-state index in [0.717, 1.165) is 18.3 Å². The molecule has 2 aliphatic carbocycles. The average Bonchev–Trinajstić information content (AvgIpc) is 3.22. The lowest BCUT2D eigenvalue weighted by Crippen LogP contribution is -2.34. The van der Waals surface area contributed by atoms with Gasteiger partial charge in [-0.15, -0.1) is 11.3 Å². The first-order chi connectivity index (χ1) is 15.4. The van der Waals surface area contributed by atoms with E-state index >= 15 is 0 Å². The first-order valence-corrected chi connectivity index (χ1v) is 12.0. The van der Waals surface area contributed by atoms with Crippen molar-refractivity contribution in [2.45, 2.75) is 94.8 Å². The van der Waals surface area contributed by atoms with Gasteiger partial charge in [-0.3, -0.25) is 0 Å². The summed E-state index contributed by atoms with van der Waals surface area (Å²) in [5.74, 6) is -5.26. The maximum atomic E-state index is 14.1. The Morgan fingerprint density at radius 1 is 0.879 bits per heavy atom. The highest BCUT2D eigenvalue weighted by Gasteiger charge is 2.35. The van der Waals surface area contributed by atoms with Gasteiger partial charge in [-0.25, -0.2) is 18.2 Å². The van der Waals surface area contributed by atoms with Crippen molar-refractivity contribution in [2.24, 2.45) is 0 Å². The topological polar surface area (TPSA) is 75.6 Å². The summed E-state index contributed by atoms with van der Waals surface area (Å²) < 4.78 is 68.5. The Hall–Kier alpha value is -2.11. The fourth-order valence-corrected chi connectivity index (χ4v) is 4.92. The molecule has 0 saturated heterocycles. The van der Waals surface area contributed by atoms with E-state index in [-0.39, 0.29) is 66.2 Å². The van der Waals surface area contributed by atoms with Crippen LogP contribution in [0.25, 0.3) is 10.8 Å². The fraction of sp³-hybridized carbons (Fsp3) is 0.714. The van der Waals surface area contributed by atoms with Gasteiger partial charge < -0.3 is 10.6 Å². The molecule has 0 bridgehead atoms. The van der Waals surface area contributed by atoms with Gasteiger partial charge in [0.25, 0.3) is 5.92 Å². The van der Waals surface area contributed by atoms with Gasteiger partial charge in [-0.05, 0) is 45.4 Å².